The molecular weight excluding hydrogens is 184 g/mol. The molecule has 4 nitrogen and oxygen atoms in total. The fourth-order valence-corrected chi connectivity index (χ4v) is 1.97. The normalized spacial score (nSPS) is 11.5. The largest absolute Gasteiger partial charge is 0.399 e. The molecule has 0 unspecified atom stereocenters. The van der Waals surface area contributed by atoms with Gasteiger partial charge in [-0.25, -0.2) is 0 Å². The molecule has 5 heteroatoms. The molecule has 0 radical (unpaired) electrons. The van der Waals surface area contributed by atoms with Crippen LogP contribution in [0.25, 0.3) is 0 Å². The summed E-state index contributed by atoms with van der Waals surface area (Å²) in [6, 6.07) is 0. The third-order valence-electron chi connectivity index (χ3n) is 1.80. The molecule has 0 aliphatic carbocycles. The molecule has 0 bridgehead atoms. The van der Waals surface area contributed by atoms with Crippen LogP contribution in [-0.4, -0.2) is 61.8 Å². The third-order valence-corrected chi connectivity index (χ3v) is 3.47. The lowest BCUT2D eigenvalue weighted by Crippen LogP contribution is -2.35. The molecule has 0 rings (SSSR count). The highest BCUT2D eigenvalue weighted by Gasteiger charge is 2.07. The Morgan fingerprint density at radius 3 is 2.31 bits per heavy atom. The summed E-state index contributed by atoms with van der Waals surface area (Å²) < 4.78 is 10.3. The Morgan fingerprint density at radius 2 is 1.85 bits per heavy atom. The molecule has 0 amide bonds. The summed E-state index contributed by atoms with van der Waals surface area (Å²) in [5, 5.41) is 3.33. The number of nitrogens with zero attached hydrogens (tertiary/aromatic N) is 1. The molecular formula is C8H22N2O2Si. The molecule has 80 valence electrons. The molecule has 0 fully saturated rings. The van der Waals surface area contributed by atoms with E-state index >= 15 is 0 Å². The summed E-state index contributed by atoms with van der Waals surface area (Å²) in [7, 11) is 6.21. The molecule has 0 heterocycles. The zero-order valence-corrected chi connectivity index (χ0v) is 10.3. The molecule has 0 atom stereocenters. The van der Waals surface area contributed by atoms with Gasteiger partial charge in [-0.15, -0.1) is 0 Å². The van der Waals surface area contributed by atoms with Crippen LogP contribution in [0.5, 0.6) is 0 Å². The van der Waals surface area contributed by atoms with Crippen molar-refractivity contribution in [2.24, 2.45) is 0 Å². The van der Waals surface area contributed by atoms with Crippen molar-refractivity contribution in [3.05, 3.63) is 0 Å². The van der Waals surface area contributed by atoms with Crippen LogP contribution in [0.3, 0.4) is 0 Å². The second kappa shape index (κ2) is 8.65. The lowest BCUT2D eigenvalue weighted by atomic mass is 10.4. The smallest absolute Gasteiger partial charge is 0.335 e. The van der Waals surface area contributed by atoms with E-state index in [2.05, 4.69) is 24.3 Å². The van der Waals surface area contributed by atoms with Gasteiger partial charge in [-0.05, 0) is 33.6 Å². The lowest BCUT2D eigenvalue weighted by molar-refractivity contribution is 0.274. The Labute approximate surface area is 83.1 Å². The first-order valence-electron chi connectivity index (χ1n) is 4.61. The van der Waals surface area contributed by atoms with Gasteiger partial charge >= 0.3 is 9.28 Å². The SMILES string of the molecule is CO[SiH](CNCCCN(C)C)OC. The first-order chi connectivity index (χ1) is 6.20. The molecule has 0 aliphatic heterocycles. The maximum atomic E-state index is 5.17. The zero-order valence-electron chi connectivity index (χ0n) is 9.17. The van der Waals surface area contributed by atoms with E-state index in [0.29, 0.717) is 0 Å². The average Bonchev–Trinajstić information content (AvgIpc) is 2.11. The van der Waals surface area contributed by atoms with Crippen molar-refractivity contribution in [1.82, 2.24) is 10.2 Å². The second-order valence-corrected chi connectivity index (χ2v) is 5.47. The van der Waals surface area contributed by atoms with Crippen LogP contribution in [0.15, 0.2) is 0 Å². The van der Waals surface area contributed by atoms with Gasteiger partial charge in [0.25, 0.3) is 0 Å². The fourth-order valence-electron chi connectivity index (χ4n) is 1.00. The highest BCUT2D eigenvalue weighted by atomic mass is 28.3. The Kier molecular flexibility index (Phi) is 8.68. The van der Waals surface area contributed by atoms with Crippen LogP contribution in [-0.2, 0) is 8.85 Å². The van der Waals surface area contributed by atoms with Gasteiger partial charge in [-0.2, -0.15) is 0 Å². The summed E-state index contributed by atoms with van der Waals surface area (Å²) in [5.74, 6) is 0. The predicted octanol–water partition coefficient (Wildman–Crippen LogP) is -0.420. The van der Waals surface area contributed by atoms with Crippen LogP contribution in [0.1, 0.15) is 6.42 Å². The molecule has 0 aromatic carbocycles. The molecule has 0 aromatic rings. The highest BCUT2D eigenvalue weighted by molar-refractivity contribution is 6.44. The number of hydrogen-bond donors (Lipinski definition) is 1. The molecule has 0 saturated carbocycles. The maximum Gasteiger partial charge on any atom is 0.335 e. The van der Waals surface area contributed by atoms with Crippen LogP contribution in [0.2, 0.25) is 0 Å². The van der Waals surface area contributed by atoms with Crippen LogP contribution in [0.4, 0.5) is 0 Å². The monoisotopic (exact) mass is 206 g/mol. The van der Waals surface area contributed by atoms with Gasteiger partial charge in [0.2, 0.25) is 0 Å². The van der Waals surface area contributed by atoms with Crippen LogP contribution >= 0.6 is 0 Å². The van der Waals surface area contributed by atoms with E-state index in [1.54, 1.807) is 14.2 Å². The molecule has 0 aliphatic rings. The Morgan fingerprint density at radius 1 is 1.23 bits per heavy atom. The van der Waals surface area contributed by atoms with Gasteiger partial charge in [0.05, 0.1) is 0 Å². The first-order valence-corrected chi connectivity index (χ1v) is 6.37. The topological polar surface area (TPSA) is 33.7 Å². The van der Waals surface area contributed by atoms with Crippen molar-refractivity contribution in [3.8, 4) is 0 Å². The summed E-state index contributed by atoms with van der Waals surface area (Å²) >= 11 is 0. The predicted molar refractivity (Wildman–Crippen MR) is 57.2 cm³/mol. The second-order valence-electron chi connectivity index (χ2n) is 3.26. The van der Waals surface area contributed by atoms with Gasteiger partial charge in [0, 0.05) is 20.4 Å². The first kappa shape index (κ1) is 13.1. The van der Waals surface area contributed by atoms with Gasteiger partial charge in [0.1, 0.15) is 0 Å². The molecule has 1 N–H and O–H groups in total. The molecule has 0 aromatic heterocycles. The Bertz CT molecular complexity index is 110. The van der Waals surface area contributed by atoms with E-state index in [-0.39, 0.29) is 0 Å². The van der Waals surface area contributed by atoms with Crippen molar-refractivity contribution >= 4 is 9.28 Å². The zero-order chi connectivity index (χ0) is 10.1. The Balaban J connectivity index is 3.14. The Hall–Kier alpha value is 0.0569. The minimum Gasteiger partial charge on any atom is -0.399 e. The van der Waals surface area contributed by atoms with E-state index in [4.69, 9.17) is 8.85 Å². The van der Waals surface area contributed by atoms with Gasteiger partial charge in [-0.3, -0.25) is 0 Å². The van der Waals surface area contributed by atoms with Crippen molar-refractivity contribution < 1.29 is 8.85 Å². The highest BCUT2D eigenvalue weighted by Crippen LogP contribution is 1.84. The van der Waals surface area contributed by atoms with E-state index in [1.165, 1.54) is 6.42 Å². The summed E-state index contributed by atoms with van der Waals surface area (Å²) in [6.45, 7) is 2.16. The van der Waals surface area contributed by atoms with Crippen molar-refractivity contribution in [2.75, 3.05) is 47.6 Å². The maximum absolute atomic E-state index is 5.17. The van der Waals surface area contributed by atoms with Crippen molar-refractivity contribution in [2.45, 2.75) is 6.42 Å². The summed E-state index contributed by atoms with van der Waals surface area (Å²) in [4.78, 5) is 2.18. The van der Waals surface area contributed by atoms with Gasteiger partial charge in [0.15, 0.2) is 0 Å². The summed E-state index contributed by atoms with van der Waals surface area (Å²) in [5.41, 5.74) is 0. The van der Waals surface area contributed by atoms with E-state index in [9.17, 15) is 0 Å². The van der Waals surface area contributed by atoms with E-state index in [0.717, 1.165) is 19.3 Å². The minimum atomic E-state index is -1.38. The summed E-state index contributed by atoms with van der Waals surface area (Å²) in [6.07, 6.45) is 2.06. The number of hydrogen-bond acceptors (Lipinski definition) is 4. The van der Waals surface area contributed by atoms with Gasteiger partial charge < -0.3 is 19.1 Å². The number of rotatable bonds is 8. The van der Waals surface area contributed by atoms with Crippen molar-refractivity contribution in [1.29, 1.82) is 0 Å². The van der Waals surface area contributed by atoms with E-state index in [1.807, 2.05) is 0 Å². The standard InChI is InChI=1S/C8H22N2O2Si/c1-10(2)7-5-6-9-8-13(11-3)12-4/h9,13H,5-8H2,1-4H3. The van der Waals surface area contributed by atoms with Crippen LogP contribution < -0.4 is 5.32 Å². The third kappa shape index (κ3) is 8.39. The van der Waals surface area contributed by atoms with Crippen LogP contribution in [0, 0.1) is 0 Å². The van der Waals surface area contributed by atoms with Gasteiger partial charge in [-0.1, -0.05) is 0 Å². The van der Waals surface area contributed by atoms with Crippen molar-refractivity contribution in [3.63, 3.8) is 0 Å². The van der Waals surface area contributed by atoms with E-state index < -0.39 is 9.28 Å². The number of nitrogens with one attached hydrogen (secondary N) is 1. The quantitative estimate of drug-likeness (QED) is 0.432. The molecule has 0 spiro atoms. The molecule has 13 heavy (non-hydrogen) atoms. The average molecular weight is 206 g/mol. The lowest BCUT2D eigenvalue weighted by Gasteiger charge is -2.13. The molecule has 0 saturated heterocycles. The fraction of sp³-hybridized carbons (Fsp3) is 1.00. The minimum absolute atomic E-state index is 0.889.